The number of aromatic nitrogens is 2. The molecule has 0 bridgehead atoms. The second-order valence-electron chi connectivity index (χ2n) is 7.45. The predicted molar refractivity (Wildman–Crippen MR) is 119 cm³/mol. The zero-order chi connectivity index (χ0) is 22.4. The third-order valence-electron chi connectivity index (χ3n) is 5.35. The Bertz CT molecular complexity index is 1060. The van der Waals surface area contributed by atoms with Crippen LogP contribution < -0.4 is 10.9 Å². The minimum absolute atomic E-state index is 0.126. The highest BCUT2D eigenvalue weighted by Gasteiger charge is 2.27. The summed E-state index contributed by atoms with van der Waals surface area (Å²) in [4.78, 5) is 26.8. The molecule has 1 fully saturated rings. The van der Waals surface area contributed by atoms with Gasteiger partial charge in [0.15, 0.2) is 0 Å². The molecule has 1 aromatic carbocycles. The summed E-state index contributed by atoms with van der Waals surface area (Å²) >= 11 is 0. The van der Waals surface area contributed by atoms with E-state index in [-0.39, 0.29) is 16.1 Å². The summed E-state index contributed by atoms with van der Waals surface area (Å²) in [5.41, 5.74) is 0.327. The Hall–Kier alpha value is -2.56. The molecule has 2 heterocycles. The maximum atomic E-state index is 12.9. The number of amides is 1. The number of nitrogens with zero attached hydrogens (tertiary/aromatic N) is 4. The van der Waals surface area contributed by atoms with E-state index in [1.54, 1.807) is 12.1 Å². The Morgan fingerprint density at radius 1 is 1.03 bits per heavy atom. The van der Waals surface area contributed by atoms with Gasteiger partial charge in [-0.15, -0.1) is 0 Å². The van der Waals surface area contributed by atoms with Gasteiger partial charge in [0.25, 0.3) is 11.5 Å². The first kappa shape index (κ1) is 23.1. The molecule has 1 aromatic heterocycles. The van der Waals surface area contributed by atoms with Crippen molar-refractivity contribution < 1.29 is 13.2 Å². The average Bonchev–Trinajstić information content (AvgIpc) is 2.79. The van der Waals surface area contributed by atoms with Crippen LogP contribution >= 0.6 is 0 Å². The van der Waals surface area contributed by atoms with Crippen LogP contribution in [0.25, 0.3) is 0 Å². The molecule has 1 aliphatic rings. The van der Waals surface area contributed by atoms with E-state index in [4.69, 9.17) is 0 Å². The Morgan fingerprint density at radius 2 is 1.71 bits per heavy atom. The van der Waals surface area contributed by atoms with E-state index in [9.17, 15) is 18.0 Å². The third kappa shape index (κ3) is 5.57. The molecule has 168 valence electrons. The molecule has 2 aromatic rings. The van der Waals surface area contributed by atoms with Crippen molar-refractivity contribution in [3.8, 4) is 0 Å². The summed E-state index contributed by atoms with van der Waals surface area (Å²) in [5, 5.41) is 6.82. The van der Waals surface area contributed by atoms with Crippen molar-refractivity contribution in [2.24, 2.45) is 0 Å². The summed E-state index contributed by atoms with van der Waals surface area (Å²) in [6.45, 7) is 7.81. The van der Waals surface area contributed by atoms with Gasteiger partial charge >= 0.3 is 0 Å². The summed E-state index contributed by atoms with van der Waals surface area (Å²) in [5.74, 6) is -0.462. The van der Waals surface area contributed by atoms with Gasteiger partial charge in [-0.2, -0.15) is 9.40 Å². The maximum absolute atomic E-state index is 12.9. The molecule has 0 unspecified atom stereocenters. The molecule has 0 aliphatic carbocycles. The number of hydrogen-bond acceptors (Lipinski definition) is 6. The third-order valence-corrected chi connectivity index (χ3v) is 7.26. The van der Waals surface area contributed by atoms with Crippen molar-refractivity contribution >= 4 is 21.6 Å². The summed E-state index contributed by atoms with van der Waals surface area (Å²) < 4.78 is 28.5. The molecule has 10 heteroatoms. The fourth-order valence-electron chi connectivity index (χ4n) is 3.38. The summed E-state index contributed by atoms with van der Waals surface area (Å²) in [6.07, 6.45) is 1.70. The number of likely N-dealkylation sites (N-methyl/N-ethyl adjacent to an activating group) is 1. The number of carbonyl (C=O) groups excluding carboxylic acids is 1. The SMILES string of the molecule is CCCCn1nc(C(=O)Nc2ccc(S(=O)(=O)N3CCN(CC)CC3)cc2)ccc1=O. The number of hydrogen-bond donors (Lipinski definition) is 1. The monoisotopic (exact) mass is 447 g/mol. The smallest absolute Gasteiger partial charge is 0.276 e. The number of rotatable bonds is 8. The first-order valence-electron chi connectivity index (χ1n) is 10.6. The number of anilines is 1. The van der Waals surface area contributed by atoms with Crippen molar-refractivity contribution in [3.63, 3.8) is 0 Å². The molecular weight excluding hydrogens is 418 g/mol. The molecule has 3 rings (SSSR count). The van der Waals surface area contributed by atoms with E-state index < -0.39 is 15.9 Å². The van der Waals surface area contributed by atoms with Crippen LogP contribution in [0, 0.1) is 0 Å². The van der Waals surface area contributed by atoms with Crippen LogP contribution in [0.5, 0.6) is 0 Å². The van der Waals surface area contributed by atoms with Crippen molar-refractivity contribution in [1.29, 1.82) is 0 Å². The number of unbranched alkanes of at least 4 members (excludes halogenated alkanes) is 1. The highest BCUT2D eigenvalue weighted by atomic mass is 32.2. The minimum Gasteiger partial charge on any atom is -0.321 e. The Labute approximate surface area is 182 Å². The topological polar surface area (TPSA) is 105 Å². The lowest BCUT2D eigenvalue weighted by molar-refractivity contribution is 0.101. The van der Waals surface area contributed by atoms with E-state index in [1.165, 1.54) is 33.3 Å². The van der Waals surface area contributed by atoms with Crippen LogP contribution in [0.1, 0.15) is 37.2 Å². The van der Waals surface area contributed by atoms with Crippen LogP contribution in [0.15, 0.2) is 46.1 Å². The van der Waals surface area contributed by atoms with Gasteiger partial charge in [-0.05, 0) is 43.3 Å². The van der Waals surface area contributed by atoms with E-state index in [0.29, 0.717) is 25.3 Å². The van der Waals surface area contributed by atoms with E-state index in [1.807, 2.05) is 6.92 Å². The number of benzene rings is 1. The van der Waals surface area contributed by atoms with Crippen LogP contribution in [0.3, 0.4) is 0 Å². The molecule has 1 saturated heterocycles. The van der Waals surface area contributed by atoms with Gasteiger partial charge in [-0.25, -0.2) is 13.1 Å². The number of sulfonamides is 1. The first-order chi connectivity index (χ1) is 14.8. The molecular formula is C21H29N5O4S. The van der Waals surface area contributed by atoms with Crippen molar-refractivity contribution in [3.05, 3.63) is 52.4 Å². The van der Waals surface area contributed by atoms with Crippen LogP contribution in [-0.2, 0) is 16.6 Å². The fraction of sp³-hybridized carbons (Fsp3) is 0.476. The molecule has 1 aliphatic heterocycles. The number of aryl methyl sites for hydroxylation is 1. The molecule has 0 spiro atoms. The van der Waals surface area contributed by atoms with E-state index >= 15 is 0 Å². The number of carbonyl (C=O) groups is 1. The van der Waals surface area contributed by atoms with Gasteiger partial charge in [0.05, 0.1) is 4.90 Å². The van der Waals surface area contributed by atoms with Crippen molar-refractivity contribution in [2.75, 3.05) is 38.0 Å². The second kappa shape index (κ2) is 10.2. The fourth-order valence-corrected chi connectivity index (χ4v) is 4.80. The quantitative estimate of drug-likeness (QED) is 0.659. The lowest BCUT2D eigenvalue weighted by Gasteiger charge is -2.33. The van der Waals surface area contributed by atoms with Crippen LogP contribution in [0.2, 0.25) is 0 Å². The van der Waals surface area contributed by atoms with E-state index in [2.05, 4.69) is 22.2 Å². The van der Waals surface area contributed by atoms with Crippen molar-refractivity contribution in [2.45, 2.75) is 38.1 Å². The largest absolute Gasteiger partial charge is 0.321 e. The zero-order valence-corrected chi connectivity index (χ0v) is 18.8. The van der Waals surface area contributed by atoms with E-state index in [0.717, 1.165) is 32.5 Å². The van der Waals surface area contributed by atoms with Crippen LogP contribution in [-0.4, -0.2) is 66.0 Å². The summed E-state index contributed by atoms with van der Waals surface area (Å²) in [7, 11) is -3.57. The molecule has 1 N–H and O–H groups in total. The highest BCUT2D eigenvalue weighted by Crippen LogP contribution is 2.20. The standard InChI is InChI=1S/C21H29N5O4S/c1-3-5-12-26-20(27)11-10-19(23-26)21(28)22-17-6-8-18(9-7-17)31(29,30)25-15-13-24(4-2)14-16-25/h6-11H,3-5,12-16H2,1-2H3,(H,22,28). The first-order valence-corrected chi connectivity index (χ1v) is 12.0. The molecule has 0 radical (unpaired) electrons. The van der Waals surface area contributed by atoms with Gasteiger partial charge in [0.2, 0.25) is 10.0 Å². The molecule has 9 nitrogen and oxygen atoms in total. The molecule has 1 amide bonds. The molecule has 0 atom stereocenters. The van der Waals surface area contributed by atoms with Gasteiger partial charge < -0.3 is 10.2 Å². The minimum atomic E-state index is -3.57. The Morgan fingerprint density at radius 3 is 2.32 bits per heavy atom. The van der Waals surface area contributed by atoms with Crippen molar-refractivity contribution in [1.82, 2.24) is 19.0 Å². The molecule has 0 saturated carbocycles. The van der Waals surface area contributed by atoms with Gasteiger partial charge in [-0.1, -0.05) is 20.3 Å². The Kier molecular flexibility index (Phi) is 7.58. The normalized spacial score (nSPS) is 15.7. The predicted octanol–water partition coefficient (Wildman–Crippen LogP) is 1.62. The number of piperazine rings is 1. The van der Waals surface area contributed by atoms with Gasteiger partial charge in [0, 0.05) is 44.5 Å². The lowest BCUT2D eigenvalue weighted by atomic mass is 10.3. The highest BCUT2D eigenvalue weighted by molar-refractivity contribution is 7.89. The zero-order valence-electron chi connectivity index (χ0n) is 18.0. The van der Waals surface area contributed by atoms with Crippen LogP contribution in [0.4, 0.5) is 5.69 Å². The maximum Gasteiger partial charge on any atom is 0.276 e. The molecule has 31 heavy (non-hydrogen) atoms. The number of nitrogens with one attached hydrogen (secondary N) is 1. The average molecular weight is 448 g/mol. The lowest BCUT2D eigenvalue weighted by Crippen LogP contribution is -2.48. The summed E-state index contributed by atoms with van der Waals surface area (Å²) in [6, 6.07) is 8.81. The van der Waals surface area contributed by atoms with Gasteiger partial charge in [-0.3, -0.25) is 9.59 Å². The second-order valence-corrected chi connectivity index (χ2v) is 9.39. The Balaban J connectivity index is 1.68. The van der Waals surface area contributed by atoms with Gasteiger partial charge in [0.1, 0.15) is 5.69 Å².